The average Bonchev–Trinajstić information content (AvgIpc) is 3.70. The van der Waals surface area contributed by atoms with Gasteiger partial charge in [0.2, 0.25) is 11.8 Å². The first-order valence-electron chi connectivity index (χ1n) is 16.4. The zero-order valence-electron chi connectivity index (χ0n) is 28.0. The third kappa shape index (κ3) is 10.5. The van der Waals surface area contributed by atoms with Crippen molar-refractivity contribution < 1.29 is 37.8 Å². The van der Waals surface area contributed by atoms with Gasteiger partial charge in [0.25, 0.3) is 5.91 Å². The Morgan fingerprint density at radius 1 is 1.06 bits per heavy atom. The molecule has 4 bridgehead atoms. The SMILES string of the molecule is CC(C)(C)OC(=O)N[C@H]1C[C@H]2COc3cc(F)cc(c3)-c3csc(c3)C(=O)N[C@H](C(=O)NCc3ccccc3)COCCCCC(=O)N2C1. The predicted molar refractivity (Wildman–Crippen MR) is 183 cm³/mol. The van der Waals surface area contributed by atoms with E-state index >= 15 is 0 Å². The Morgan fingerprint density at radius 3 is 2.63 bits per heavy atom. The summed E-state index contributed by atoms with van der Waals surface area (Å²) in [4.78, 5) is 54.5. The van der Waals surface area contributed by atoms with Gasteiger partial charge in [-0.25, -0.2) is 9.18 Å². The number of carbonyl (C=O) groups is 4. The molecular formula is C36H43FN4O7S. The van der Waals surface area contributed by atoms with Crippen molar-refractivity contribution in [3.05, 3.63) is 76.2 Å². The highest BCUT2D eigenvalue weighted by Gasteiger charge is 2.37. The lowest BCUT2D eigenvalue weighted by Crippen LogP contribution is -2.49. The fourth-order valence-electron chi connectivity index (χ4n) is 5.72. The third-order valence-electron chi connectivity index (χ3n) is 8.07. The summed E-state index contributed by atoms with van der Waals surface area (Å²) >= 11 is 1.17. The number of hydrogen-bond donors (Lipinski definition) is 3. The minimum absolute atomic E-state index is 0.0602. The summed E-state index contributed by atoms with van der Waals surface area (Å²) < 4.78 is 32.1. The molecule has 3 atom stereocenters. The summed E-state index contributed by atoms with van der Waals surface area (Å²) in [6.45, 7) is 6.22. The number of nitrogens with one attached hydrogen (secondary N) is 3. The number of halogens is 1. The summed E-state index contributed by atoms with van der Waals surface area (Å²) in [6.07, 6.45) is 1.18. The number of alkyl carbamates (subject to hydrolysis) is 1. The predicted octanol–water partition coefficient (Wildman–Crippen LogP) is 5.04. The van der Waals surface area contributed by atoms with E-state index in [4.69, 9.17) is 14.2 Å². The molecule has 0 unspecified atom stereocenters. The summed E-state index contributed by atoms with van der Waals surface area (Å²) in [6, 6.07) is 13.7. The van der Waals surface area contributed by atoms with Gasteiger partial charge in [-0.15, -0.1) is 11.3 Å². The number of benzene rings is 2. The van der Waals surface area contributed by atoms with Crippen molar-refractivity contribution in [2.45, 2.75) is 76.7 Å². The summed E-state index contributed by atoms with van der Waals surface area (Å²) in [7, 11) is 0. The molecule has 0 spiro atoms. The van der Waals surface area contributed by atoms with Gasteiger partial charge in [-0.05, 0) is 80.3 Å². The number of nitrogens with zero attached hydrogens (tertiary/aromatic N) is 1. The van der Waals surface area contributed by atoms with E-state index in [9.17, 15) is 23.6 Å². The van der Waals surface area contributed by atoms with Crippen molar-refractivity contribution in [2.75, 3.05) is 26.4 Å². The number of carbonyl (C=O) groups excluding carboxylic acids is 4. The maximum atomic E-state index is 14.8. The first-order chi connectivity index (χ1) is 23.4. The molecule has 0 aliphatic carbocycles. The molecule has 262 valence electrons. The maximum absolute atomic E-state index is 14.8. The summed E-state index contributed by atoms with van der Waals surface area (Å²) in [5.74, 6) is -1.21. The zero-order valence-corrected chi connectivity index (χ0v) is 28.8. The lowest BCUT2D eigenvalue weighted by atomic mass is 10.1. The van der Waals surface area contributed by atoms with Crippen molar-refractivity contribution in [1.29, 1.82) is 0 Å². The van der Waals surface area contributed by atoms with Crippen molar-refractivity contribution in [1.82, 2.24) is 20.9 Å². The molecule has 1 fully saturated rings. The number of rotatable bonds is 4. The highest BCUT2D eigenvalue weighted by molar-refractivity contribution is 7.12. The highest BCUT2D eigenvalue weighted by atomic mass is 32.1. The van der Waals surface area contributed by atoms with E-state index in [1.54, 1.807) is 43.2 Å². The van der Waals surface area contributed by atoms with Crippen molar-refractivity contribution >= 4 is 35.2 Å². The molecule has 49 heavy (non-hydrogen) atoms. The van der Waals surface area contributed by atoms with Gasteiger partial charge >= 0.3 is 6.09 Å². The van der Waals surface area contributed by atoms with Crippen LogP contribution in [0.2, 0.25) is 0 Å². The van der Waals surface area contributed by atoms with E-state index in [0.29, 0.717) is 35.3 Å². The molecule has 2 aliphatic heterocycles. The molecule has 5 rings (SSSR count). The van der Waals surface area contributed by atoms with Gasteiger partial charge in [0.05, 0.1) is 23.6 Å². The first kappa shape index (κ1) is 35.8. The van der Waals surface area contributed by atoms with Crippen LogP contribution in [-0.2, 0) is 25.6 Å². The van der Waals surface area contributed by atoms with Crippen molar-refractivity contribution in [2.24, 2.45) is 0 Å². The summed E-state index contributed by atoms with van der Waals surface area (Å²) in [5.41, 5.74) is 1.35. The Balaban J connectivity index is 1.33. The topological polar surface area (TPSA) is 135 Å². The average molecular weight is 695 g/mol. The molecule has 3 N–H and O–H groups in total. The molecule has 13 heteroatoms. The van der Waals surface area contributed by atoms with Crippen LogP contribution in [0.3, 0.4) is 0 Å². The Kier molecular flexibility index (Phi) is 11.9. The van der Waals surface area contributed by atoms with Gasteiger partial charge in [0.1, 0.15) is 29.8 Å². The second-order valence-corrected chi connectivity index (χ2v) is 14.1. The van der Waals surface area contributed by atoms with Gasteiger partial charge in [-0.3, -0.25) is 14.4 Å². The second kappa shape index (κ2) is 16.3. The fraction of sp³-hybridized carbons (Fsp3) is 0.444. The minimum Gasteiger partial charge on any atom is -0.491 e. The van der Waals surface area contributed by atoms with Crippen LogP contribution in [0, 0.1) is 5.82 Å². The number of thiophene rings is 1. The van der Waals surface area contributed by atoms with Gasteiger partial charge in [0, 0.05) is 32.2 Å². The molecule has 3 heterocycles. The van der Waals surface area contributed by atoms with Crippen LogP contribution in [0.4, 0.5) is 9.18 Å². The maximum Gasteiger partial charge on any atom is 0.407 e. The molecule has 0 saturated carbocycles. The highest BCUT2D eigenvalue weighted by Crippen LogP contribution is 2.30. The van der Waals surface area contributed by atoms with Crippen LogP contribution in [-0.4, -0.2) is 78.8 Å². The molecule has 11 nitrogen and oxygen atoms in total. The number of ether oxygens (including phenoxy) is 3. The second-order valence-electron chi connectivity index (χ2n) is 13.2. The van der Waals surface area contributed by atoms with E-state index < -0.39 is 35.4 Å². The van der Waals surface area contributed by atoms with Crippen molar-refractivity contribution in [3.63, 3.8) is 0 Å². The summed E-state index contributed by atoms with van der Waals surface area (Å²) in [5, 5.41) is 10.3. The Labute approximate surface area is 289 Å². The minimum atomic E-state index is -0.970. The van der Waals surface area contributed by atoms with Gasteiger partial charge in [-0.2, -0.15) is 0 Å². The van der Waals surface area contributed by atoms with Crippen LogP contribution in [0.25, 0.3) is 11.1 Å². The zero-order chi connectivity index (χ0) is 35.0. The smallest absolute Gasteiger partial charge is 0.407 e. The molecule has 1 saturated heterocycles. The molecule has 0 radical (unpaired) electrons. The Bertz CT molecular complexity index is 1630. The van der Waals surface area contributed by atoms with Crippen LogP contribution in [0.15, 0.2) is 60.0 Å². The van der Waals surface area contributed by atoms with E-state index in [2.05, 4.69) is 16.0 Å². The number of hydrogen-bond acceptors (Lipinski definition) is 8. The lowest BCUT2D eigenvalue weighted by molar-refractivity contribution is -0.132. The third-order valence-corrected chi connectivity index (χ3v) is 9.00. The van der Waals surface area contributed by atoms with E-state index in [-0.39, 0.29) is 63.1 Å². The van der Waals surface area contributed by atoms with Crippen LogP contribution >= 0.6 is 11.3 Å². The molecule has 2 aliphatic rings. The molecule has 2 aromatic carbocycles. The number of fused-ring (bicyclic) bond motifs is 6. The molecule has 4 amide bonds. The number of amides is 4. The molecule has 3 aromatic rings. The first-order valence-corrected chi connectivity index (χ1v) is 17.3. The fourth-order valence-corrected chi connectivity index (χ4v) is 6.54. The van der Waals surface area contributed by atoms with Gasteiger partial charge < -0.3 is 35.1 Å². The monoisotopic (exact) mass is 694 g/mol. The Hall–Kier alpha value is -4.49. The lowest BCUT2D eigenvalue weighted by Gasteiger charge is -2.25. The van der Waals surface area contributed by atoms with Crippen molar-refractivity contribution in [3.8, 4) is 16.9 Å². The normalized spacial score (nSPS) is 20.7. The Morgan fingerprint density at radius 2 is 1.86 bits per heavy atom. The van der Waals surface area contributed by atoms with Gasteiger partial charge in [0.15, 0.2) is 0 Å². The van der Waals surface area contributed by atoms with Gasteiger partial charge in [-0.1, -0.05) is 30.3 Å². The van der Waals surface area contributed by atoms with Crippen LogP contribution < -0.4 is 20.7 Å². The molecular weight excluding hydrogens is 651 g/mol. The quantitative estimate of drug-likeness (QED) is 0.348. The standard InChI is InChI=1S/C36H43FN4O7S/c1-36(2,3)48-35(45)39-27-17-28-20-47-29-14-24(13-26(37)16-29)25-15-31(49-22-25)34(44)40-30(33(43)38-18-23-9-5-4-6-10-23)21-46-12-8-7-11-32(42)41(28)19-27/h4-6,9-10,13-16,22,27-28,30H,7-8,11-12,17-21H2,1-3H3,(H,38,43)(H,39,45)(H,40,44)/t27-,28-,30-/m0/s1. The molecule has 1 aromatic heterocycles. The van der Waals surface area contributed by atoms with E-state index in [1.807, 2.05) is 30.3 Å². The van der Waals surface area contributed by atoms with E-state index in [0.717, 1.165) is 5.56 Å². The largest absolute Gasteiger partial charge is 0.491 e. The van der Waals surface area contributed by atoms with E-state index in [1.165, 1.54) is 23.5 Å². The van der Waals surface area contributed by atoms with Crippen LogP contribution in [0.1, 0.15) is 61.7 Å². The van der Waals surface area contributed by atoms with Crippen LogP contribution in [0.5, 0.6) is 5.75 Å².